The van der Waals surface area contributed by atoms with Crippen LogP contribution in [0, 0.1) is 0 Å². The molecule has 0 saturated carbocycles. The Kier molecular flexibility index (Phi) is 3.54. The molecular weight excluding hydrogens is 328 g/mol. The molecule has 0 aliphatic carbocycles. The summed E-state index contributed by atoms with van der Waals surface area (Å²) in [6.45, 7) is 0.434. The van der Waals surface area contributed by atoms with Crippen LogP contribution < -0.4 is 10.1 Å². The summed E-state index contributed by atoms with van der Waals surface area (Å²) < 4.78 is 32.6. The van der Waals surface area contributed by atoms with Crippen molar-refractivity contribution in [3.8, 4) is 5.75 Å². The molecule has 0 bridgehead atoms. The molecule has 7 heteroatoms. The number of nitrogens with one attached hydrogen (secondary N) is 1. The molecule has 2 aliphatic rings. The highest BCUT2D eigenvalue weighted by molar-refractivity contribution is 7.89. The molecule has 0 spiro atoms. The molecule has 1 amide bonds. The van der Waals surface area contributed by atoms with Crippen molar-refractivity contribution >= 4 is 21.6 Å². The molecule has 1 N–H and O–H groups in total. The van der Waals surface area contributed by atoms with E-state index in [1.807, 2.05) is 30.3 Å². The van der Waals surface area contributed by atoms with Gasteiger partial charge in [0.25, 0.3) is 5.91 Å². The number of carbonyl (C=O) groups is 1. The van der Waals surface area contributed by atoms with Gasteiger partial charge in [-0.1, -0.05) is 30.3 Å². The van der Waals surface area contributed by atoms with E-state index in [0.29, 0.717) is 18.0 Å². The molecule has 1 saturated heterocycles. The van der Waals surface area contributed by atoms with Crippen molar-refractivity contribution in [1.82, 2.24) is 4.31 Å². The summed E-state index contributed by atoms with van der Waals surface area (Å²) >= 11 is 0. The fourth-order valence-electron chi connectivity index (χ4n) is 3.02. The Morgan fingerprint density at radius 2 is 1.92 bits per heavy atom. The van der Waals surface area contributed by atoms with Crippen molar-refractivity contribution in [2.24, 2.45) is 0 Å². The van der Waals surface area contributed by atoms with E-state index in [2.05, 4.69) is 5.32 Å². The van der Waals surface area contributed by atoms with Crippen LogP contribution in [0.3, 0.4) is 0 Å². The quantitative estimate of drug-likeness (QED) is 0.926. The van der Waals surface area contributed by atoms with Gasteiger partial charge in [-0.25, -0.2) is 8.42 Å². The second-order valence-electron chi connectivity index (χ2n) is 5.83. The Morgan fingerprint density at radius 1 is 1.12 bits per heavy atom. The van der Waals surface area contributed by atoms with Gasteiger partial charge in [0.15, 0.2) is 6.61 Å². The summed E-state index contributed by atoms with van der Waals surface area (Å²) in [6.07, 6.45) is 0.800. The fourth-order valence-corrected chi connectivity index (χ4v) is 4.70. The molecule has 2 aromatic carbocycles. The molecule has 2 aliphatic heterocycles. The van der Waals surface area contributed by atoms with Crippen LogP contribution >= 0.6 is 0 Å². The first-order chi connectivity index (χ1) is 11.6. The van der Waals surface area contributed by atoms with Gasteiger partial charge >= 0.3 is 0 Å². The van der Waals surface area contributed by atoms with Gasteiger partial charge in [-0.2, -0.15) is 4.31 Å². The molecule has 0 aromatic heterocycles. The molecule has 2 heterocycles. The predicted molar refractivity (Wildman–Crippen MR) is 88.3 cm³/mol. The van der Waals surface area contributed by atoms with Gasteiger partial charge in [-0.15, -0.1) is 0 Å². The largest absolute Gasteiger partial charge is 0.482 e. The lowest BCUT2D eigenvalue weighted by atomic mass is 9.98. The Morgan fingerprint density at radius 3 is 2.62 bits per heavy atom. The van der Waals surface area contributed by atoms with Crippen LogP contribution in [0.4, 0.5) is 5.69 Å². The van der Waals surface area contributed by atoms with Crippen molar-refractivity contribution < 1.29 is 17.9 Å². The van der Waals surface area contributed by atoms with E-state index in [9.17, 15) is 13.2 Å². The van der Waals surface area contributed by atoms with Crippen molar-refractivity contribution in [2.75, 3.05) is 18.5 Å². The minimum Gasteiger partial charge on any atom is -0.482 e. The van der Waals surface area contributed by atoms with Gasteiger partial charge in [0.1, 0.15) is 5.75 Å². The molecule has 124 valence electrons. The summed E-state index contributed by atoms with van der Waals surface area (Å²) in [5.74, 6) is 0.194. The highest BCUT2D eigenvalue weighted by Crippen LogP contribution is 2.39. The zero-order valence-corrected chi connectivity index (χ0v) is 13.6. The molecule has 1 atom stereocenters. The van der Waals surface area contributed by atoms with E-state index < -0.39 is 10.0 Å². The van der Waals surface area contributed by atoms with E-state index in [0.717, 1.165) is 12.0 Å². The minimum absolute atomic E-state index is 0.0543. The second kappa shape index (κ2) is 5.61. The Balaban J connectivity index is 1.66. The molecule has 4 rings (SSSR count). The summed E-state index contributed by atoms with van der Waals surface area (Å²) in [4.78, 5) is 11.6. The van der Waals surface area contributed by atoms with Crippen LogP contribution in [0.1, 0.15) is 18.0 Å². The number of hydrogen-bond donors (Lipinski definition) is 1. The second-order valence-corrected chi connectivity index (χ2v) is 7.72. The number of ether oxygens (including phenoxy) is 1. The van der Waals surface area contributed by atoms with Crippen LogP contribution in [0.15, 0.2) is 53.4 Å². The highest BCUT2D eigenvalue weighted by atomic mass is 32.2. The summed E-state index contributed by atoms with van der Waals surface area (Å²) in [7, 11) is -3.62. The van der Waals surface area contributed by atoms with Gasteiger partial charge in [0.05, 0.1) is 16.6 Å². The first-order valence-electron chi connectivity index (χ1n) is 7.69. The molecular formula is C17H16N2O4S. The number of carbonyl (C=O) groups excluding carboxylic acids is 1. The maximum absolute atomic E-state index is 12.9. The van der Waals surface area contributed by atoms with Gasteiger partial charge in [0.2, 0.25) is 10.0 Å². The van der Waals surface area contributed by atoms with Gasteiger partial charge < -0.3 is 10.1 Å². The lowest BCUT2D eigenvalue weighted by Crippen LogP contribution is -2.45. The number of amides is 1. The zero-order chi connectivity index (χ0) is 16.7. The standard InChI is InChI=1S/C17H16N2O4S/c20-17-11-23-16-7-6-13(10-14(16)18-17)24(21,22)19-9-8-15(19)12-4-2-1-3-5-12/h1-7,10,15H,8-9,11H2,(H,18,20)/t15-/m1/s1. The third-order valence-corrected chi connectivity index (χ3v) is 6.25. The Hall–Kier alpha value is -2.38. The number of sulfonamides is 1. The maximum atomic E-state index is 12.9. The third-order valence-electron chi connectivity index (χ3n) is 4.35. The summed E-state index contributed by atoms with van der Waals surface area (Å²) in [5.41, 5.74) is 1.38. The molecule has 6 nitrogen and oxygen atoms in total. The highest BCUT2D eigenvalue weighted by Gasteiger charge is 2.39. The molecule has 24 heavy (non-hydrogen) atoms. The van der Waals surface area contributed by atoms with Crippen LogP contribution in [-0.2, 0) is 14.8 Å². The molecule has 2 aromatic rings. The summed E-state index contributed by atoms with van der Waals surface area (Å²) in [6, 6.07) is 14.0. The van der Waals surface area contributed by atoms with Gasteiger partial charge in [0, 0.05) is 6.54 Å². The lowest BCUT2D eigenvalue weighted by Gasteiger charge is -2.40. The topological polar surface area (TPSA) is 75.7 Å². The van der Waals surface area contributed by atoms with E-state index >= 15 is 0 Å². The predicted octanol–water partition coefficient (Wildman–Crippen LogP) is 2.15. The first kappa shape index (κ1) is 15.2. The number of fused-ring (bicyclic) bond motifs is 1. The average Bonchev–Trinajstić information content (AvgIpc) is 2.53. The van der Waals surface area contributed by atoms with Gasteiger partial charge in [-0.05, 0) is 30.2 Å². The number of rotatable bonds is 3. The SMILES string of the molecule is O=C1COc2ccc(S(=O)(=O)N3CC[C@@H]3c3ccccc3)cc2N1. The van der Waals surface area contributed by atoms with Crippen LogP contribution in [0.2, 0.25) is 0 Å². The Labute approximate surface area is 140 Å². The fraction of sp³-hybridized carbons (Fsp3) is 0.235. The smallest absolute Gasteiger partial charge is 0.262 e. The van der Waals surface area contributed by atoms with Crippen molar-refractivity contribution in [1.29, 1.82) is 0 Å². The normalized spacial score (nSPS) is 20.5. The average molecular weight is 344 g/mol. The van der Waals surface area contributed by atoms with E-state index in [4.69, 9.17) is 4.74 Å². The van der Waals surface area contributed by atoms with E-state index in [1.165, 1.54) is 16.4 Å². The van der Waals surface area contributed by atoms with Crippen LogP contribution in [-0.4, -0.2) is 31.8 Å². The van der Waals surface area contributed by atoms with Crippen molar-refractivity contribution in [3.63, 3.8) is 0 Å². The van der Waals surface area contributed by atoms with Crippen LogP contribution in [0.5, 0.6) is 5.75 Å². The molecule has 0 radical (unpaired) electrons. The minimum atomic E-state index is -3.62. The maximum Gasteiger partial charge on any atom is 0.262 e. The zero-order valence-electron chi connectivity index (χ0n) is 12.8. The van der Waals surface area contributed by atoms with E-state index in [-0.39, 0.29) is 23.5 Å². The van der Waals surface area contributed by atoms with E-state index in [1.54, 1.807) is 6.07 Å². The molecule has 0 unspecified atom stereocenters. The molecule has 1 fully saturated rings. The van der Waals surface area contributed by atoms with Crippen LogP contribution in [0.25, 0.3) is 0 Å². The summed E-state index contributed by atoms with van der Waals surface area (Å²) in [5, 5.41) is 2.64. The Bertz CT molecular complexity index is 896. The first-order valence-corrected chi connectivity index (χ1v) is 9.13. The number of benzene rings is 2. The van der Waals surface area contributed by atoms with Gasteiger partial charge in [-0.3, -0.25) is 4.79 Å². The monoisotopic (exact) mass is 344 g/mol. The number of hydrogen-bond acceptors (Lipinski definition) is 4. The van der Waals surface area contributed by atoms with Crippen molar-refractivity contribution in [3.05, 3.63) is 54.1 Å². The van der Waals surface area contributed by atoms with Crippen molar-refractivity contribution in [2.45, 2.75) is 17.4 Å². The third kappa shape index (κ3) is 2.46. The number of anilines is 1. The number of nitrogens with zero attached hydrogens (tertiary/aromatic N) is 1. The lowest BCUT2D eigenvalue weighted by molar-refractivity contribution is -0.118.